The number of carbonyl (C=O) groups excluding carboxylic acids is 3. The van der Waals surface area contributed by atoms with Crippen molar-refractivity contribution in [3.05, 3.63) is 33.1 Å². The molecule has 3 N–H and O–H groups in total. The third kappa shape index (κ3) is 6.02. The number of thiophene rings is 1. The fourth-order valence-electron chi connectivity index (χ4n) is 4.87. The molecule has 4 rings (SSSR count). The van der Waals surface area contributed by atoms with Crippen LogP contribution in [-0.2, 0) is 34.4 Å². The Morgan fingerprint density at radius 2 is 1.76 bits per heavy atom. The van der Waals surface area contributed by atoms with Crippen LogP contribution in [0.1, 0.15) is 103 Å². The van der Waals surface area contributed by atoms with Gasteiger partial charge in [-0.05, 0) is 50.2 Å². The van der Waals surface area contributed by atoms with Crippen molar-refractivity contribution in [2.45, 2.75) is 95.9 Å². The molecule has 2 aliphatic rings. The van der Waals surface area contributed by atoms with E-state index in [1.807, 2.05) is 6.07 Å². The quantitative estimate of drug-likeness (QED) is 0.325. The van der Waals surface area contributed by atoms with Crippen LogP contribution >= 0.6 is 11.3 Å². The first-order valence-corrected chi connectivity index (χ1v) is 13.1. The lowest BCUT2D eigenvalue weighted by molar-refractivity contribution is -0.122. The molecule has 10 heteroatoms. The van der Waals surface area contributed by atoms with E-state index in [4.69, 9.17) is 4.52 Å². The van der Waals surface area contributed by atoms with Crippen LogP contribution in [0.25, 0.3) is 0 Å². The fourth-order valence-corrected chi connectivity index (χ4v) is 6.02. The van der Waals surface area contributed by atoms with Crippen LogP contribution in [-0.4, -0.2) is 27.9 Å². The molecule has 3 amide bonds. The summed E-state index contributed by atoms with van der Waals surface area (Å²) in [4.78, 5) is 43.0. The van der Waals surface area contributed by atoms with Gasteiger partial charge < -0.3 is 9.84 Å². The Morgan fingerprint density at radius 1 is 1.03 bits per heavy atom. The zero-order valence-electron chi connectivity index (χ0n) is 19.7. The molecule has 0 aromatic carbocycles. The lowest BCUT2D eigenvalue weighted by atomic mass is 9.89. The first-order valence-electron chi connectivity index (χ1n) is 12.3. The Hall–Kier alpha value is -2.75. The van der Waals surface area contributed by atoms with Crippen LogP contribution in [0, 0.1) is 0 Å². The molecule has 0 radical (unpaired) electrons. The smallest absolute Gasteiger partial charge is 0.279 e. The maximum absolute atomic E-state index is 12.5. The molecule has 0 bridgehead atoms. The summed E-state index contributed by atoms with van der Waals surface area (Å²) in [6.45, 7) is 1.50. The molecule has 0 atom stereocenters. The van der Waals surface area contributed by atoms with Crippen LogP contribution in [0.2, 0.25) is 0 Å². The van der Waals surface area contributed by atoms with Crippen LogP contribution in [0.15, 0.2) is 10.6 Å². The van der Waals surface area contributed by atoms with Crippen molar-refractivity contribution in [2.75, 3.05) is 0 Å². The Bertz CT molecular complexity index is 999. The molecular weight excluding hydrogens is 454 g/mol. The largest absolute Gasteiger partial charge is 0.343 e. The number of hydrogen-bond acceptors (Lipinski definition) is 7. The Kier molecular flexibility index (Phi) is 7.97. The SMILES string of the molecule is CC(=O)NC1(c2noc(CCC(=O)NNC(=O)c3cc4c(s3)CCCCC4)n2)CCCCCC1. The summed E-state index contributed by atoms with van der Waals surface area (Å²) in [5.74, 6) is 0.0677. The minimum Gasteiger partial charge on any atom is -0.343 e. The summed E-state index contributed by atoms with van der Waals surface area (Å²) >= 11 is 1.51. The zero-order valence-corrected chi connectivity index (χ0v) is 20.5. The van der Waals surface area contributed by atoms with Crippen LogP contribution in [0.3, 0.4) is 0 Å². The number of hydrazine groups is 1. The van der Waals surface area contributed by atoms with Crippen LogP contribution < -0.4 is 16.2 Å². The van der Waals surface area contributed by atoms with Crippen molar-refractivity contribution >= 4 is 29.1 Å². The van der Waals surface area contributed by atoms with Gasteiger partial charge in [0.2, 0.25) is 17.7 Å². The van der Waals surface area contributed by atoms with Crippen LogP contribution in [0.5, 0.6) is 0 Å². The average Bonchev–Trinajstić information content (AvgIpc) is 3.31. The summed E-state index contributed by atoms with van der Waals surface area (Å²) in [6, 6.07) is 1.95. The average molecular weight is 488 g/mol. The molecule has 184 valence electrons. The number of nitrogens with zero attached hydrogens (tertiary/aromatic N) is 2. The maximum atomic E-state index is 12.5. The monoisotopic (exact) mass is 487 g/mol. The van der Waals surface area contributed by atoms with E-state index in [0.29, 0.717) is 16.6 Å². The second-order valence-electron chi connectivity index (χ2n) is 9.31. The molecule has 1 fully saturated rings. The number of aromatic nitrogens is 2. The van der Waals surface area contributed by atoms with Gasteiger partial charge in [-0.2, -0.15) is 4.98 Å². The summed E-state index contributed by atoms with van der Waals surface area (Å²) in [6.07, 6.45) is 11.7. The third-order valence-corrected chi connectivity index (χ3v) is 7.86. The van der Waals surface area contributed by atoms with Gasteiger partial charge >= 0.3 is 0 Å². The summed E-state index contributed by atoms with van der Waals surface area (Å²) in [5, 5.41) is 7.19. The van der Waals surface area contributed by atoms with E-state index >= 15 is 0 Å². The van der Waals surface area contributed by atoms with E-state index in [1.54, 1.807) is 0 Å². The van der Waals surface area contributed by atoms with E-state index < -0.39 is 5.54 Å². The van der Waals surface area contributed by atoms with Gasteiger partial charge in [-0.3, -0.25) is 25.2 Å². The molecular formula is C24H33N5O4S. The predicted molar refractivity (Wildman–Crippen MR) is 127 cm³/mol. The van der Waals surface area contributed by atoms with E-state index in [0.717, 1.165) is 64.2 Å². The van der Waals surface area contributed by atoms with E-state index in [1.165, 1.54) is 35.1 Å². The third-order valence-electron chi connectivity index (χ3n) is 6.62. The molecule has 2 heterocycles. The summed E-state index contributed by atoms with van der Waals surface area (Å²) in [7, 11) is 0. The Balaban J connectivity index is 1.29. The molecule has 0 unspecified atom stereocenters. The lowest BCUT2D eigenvalue weighted by Gasteiger charge is -2.30. The van der Waals surface area contributed by atoms with Gasteiger partial charge in [0.05, 0.1) is 4.88 Å². The van der Waals surface area contributed by atoms with E-state index in [2.05, 4.69) is 26.3 Å². The van der Waals surface area contributed by atoms with Gasteiger partial charge in [-0.15, -0.1) is 11.3 Å². The second kappa shape index (κ2) is 11.1. The van der Waals surface area contributed by atoms with Crippen molar-refractivity contribution < 1.29 is 18.9 Å². The highest BCUT2D eigenvalue weighted by Gasteiger charge is 2.38. The minimum absolute atomic E-state index is 0.0932. The van der Waals surface area contributed by atoms with Crippen LogP contribution in [0.4, 0.5) is 0 Å². The van der Waals surface area contributed by atoms with Gasteiger partial charge in [0.25, 0.3) is 5.91 Å². The first-order chi connectivity index (χ1) is 16.4. The van der Waals surface area contributed by atoms with Gasteiger partial charge in [-0.1, -0.05) is 37.3 Å². The van der Waals surface area contributed by atoms with Gasteiger partial charge in [-0.25, -0.2) is 0 Å². The molecule has 0 aliphatic heterocycles. The Labute approximate surface area is 203 Å². The number of hydrogen-bond donors (Lipinski definition) is 3. The Morgan fingerprint density at radius 3 is 2.53 bits per heavy atom. The molecule has 2 aromatic heterocycles. The number of carbonyl (C=O) groups is 3. The molecule has 2 aliphatic carbocycles. The highest BCUT2D eigenvalue weighted by Crippen LogP contribution is 2.34. The van der Waals surface area contributed by atoms with Crippen molar-refractivity contribution in [3.63, 3.8) is 0 Å². The molecule has 0 saturated heterocycles. The summed E-state index contributed by atoms with van der Waals surface area (Å²) in [5.41, 5.74) is 5.64. The molecule has 34 heavy (non-hydrogen) atoms. The second-order valence-corrected chi connectivity index (χ2v) is 10.4. The molecule has 2 aromatic rings. The number of aryl methyl sites for hydroxylation is 3. The lowest BCUT2D eigenvalue weighted by Crippen LogP contribution is -2.45. The fraction of sp³-hybridized carbons (Fsp3) is 0.625. The number of rotatable bonds is 6. The summed E-state index contributed by atoms with van der Waals surface area (Å²) < 4.78 is 5.39. The minimum atomic E-state index is -0.612. The van der Waals surface area contributed by atoms with Crippen molar-refractivity contribution in [1.82, 2.24) is 26.3 Å². The maximum Gasteiger partial charge on any atom is 0.279 e. The van der Waals surface area contributed by atoms with Gasteiger partial charge in [0, 0.05) is 24.6 Å². The highest BCUT2D eigenvalue weighted by atomic mass is 32.1. The number of amides is 3. The van der Waals surface area contributed by atoms with Gasteiger partial charge in [0.15, 0.2) is 5.82 Å². The standard InChI is InChI=1S/C24H33N5O4S/c1-16(30)26-24(13-7-2-3-8-14-24)23-25-21(33-29-23)12-11-20(31)27-28-22(32)19-15-17-9-5-4-6-10-18(17)34-19/h15H,2-14H2,1H3,(H,26,30)(H,27,31)(H,28,32). The topological polar surface area (TPSA) is 126 Å². The van der Waals surface area contributed by atoms with Crippen molar-refractivity contribution in [1.29, 1.82) is 0 Å². The normalized spacial score (nSPS) is 17.7. The molecule has 1 saturated carbocycles. The molecule has 0 spiro atoms. The molecule has 9 nitrogen and oxygen atoms in total. The van der Waals surface area contributed by atoms with Gasteiger partial charge in [0.1, 0.15) is 5.54 Å². The highest BCUT2D eigenvalue weighted by molar-refractivity contribution is 7.14. The number of fused-ring (bicyclic) bond motifs is 1. The van der Waals surface area contributed by atoms with Crippen molar-refractivity contribution in [2.24, 2.45) is 0 Å². The van der Waals surface area contributed by atoms with E-state index in [9.17, 15) is 14.4 Å². The predicted octanol–water partition coefficient (Wildman–Crippen LogP) is 3.48. The zero-order chi connectivity index (χ0) is 24.0. The number of nitrogens with one attached hydrogen (secondary N) is 3. The first kappa shape index (κ1) is 24.4. The van der Waals surface area contributed by atoms with Crippen molar-refractivity contribution in [3.8, 4) is 0 Å². The van der Waals surface area contributed by atoms with E-state index in [-0.39, 0.29) is 30.6 Å².